The number of aliphatic hydroxyl groups excluding tert-OH is 2. The van der Waals surface area contributed by atoms with Crippen molar-refractivity contribution in [3.05, 3.63) is 35.5 Å². The molecule has 3 aromatic heterocycles. The van der Waals surface area contributed by atoms with Crippen molar-refractivity contribution in [2.75, 3.05) is 11.5 Å². The fourth-order valence-corrected chi connectivity index (χ4v) is 4.51. The molecule has 11 heteroatoms. The van der Waals surface area contributed by atoms with Crippen LogP contribution in [0.3, 0.4) is 0 Å². The van der Waals surface area contributed by atoms with Crippen LogP contribution in [0.25, 0.3) is 11.2 Å². The molecule has 1 saturated heterocycles. The molecule has 0 spiro atoms. The van der Waals surface area contributed by atoms with Crippen molar-refractivity contribution in [2.45, 2.75) is 43.4 Å². The van der Waals surface area contributed by atoms with E-state index in [4.69, 9.17) is 10.5 Å². The molecule has 0 radical (unpaired) electrons. The summed E-state index contributed by atoms with van der Waals surface area (Å²) in [4.78, 5) is 16.6. The highest BCUT2D eigenvalue weighted by atomic mass is 32.2. The summed E-state index contributed by atoms with van der Waals surface area (Å²) in [5.41, 5.74) is 8.75. The van der Waals surface area contributed by atoms with E-state index in [0.717, 1.165) is 11.3 Å². The first kappa shape index (κ1) is 19.5. The number of aliphatic hydroxyl groups is 2. The van der Waals surface area contributed by atoms with Gasteiger partial charge in [-0.2, -0.15) is 5.26 Å². The van der Waals surface area contributed by atoms with Crippen LogP contribution in [-0.4, -0.2) is 58.8 Å². The Morgan fingerprint density at radius 2 is 2.07 bits per heavy atom. The van der Waals surface area contributed by atoms with E-state index >= 15 is 0 Å². The zero-order chi connectivity index (χ0) is 20.7. The standard InChI is InChI=1S/C18H19N7O3S/c1-8-3-9(2)24-17(10(8)4-19)29-5-11-13(26)14(27)18(28-11)25-7-23-12-15(20)21-6-22-16(12)25/h3,6-7,11,13-14,18,26-27H,5H2,1-2H3,(H2,20,21,22)/t11-,13-,14-,18-/m1/s1. The molecule has 10 nitrogen and oxygen atoms in total. The van der Waals surface area contributed by atoms with E-state index in [1.54, 1.807) is 0 Å². The molecule has 0 aliphatic carbocycles. The van der Waals surface area contributed by atoms with E-state index in [1.165, 1.54) is 29.0 Å². The Kier molecular flexibility index (Phi) is 5.10. The molecule has 150 valence electrons. The van der Waals surface area contributed by atoms with Gasteiger partial charge < -0.3 is 20.7 Å². The lowest BCUT2D eigenvalue weighted by Crippen LogP contribution is -2.32. The molecule has 0 unspecified atom stereocenters. The first-order chi connectivity index (χ1) is 13.9. The quantitative estimate of drug-likeness (QED) is 0.520. The Hall–Kier alpha value is -2.78. The minimum absolute atomic E-state index is 0.221. The topological polar surface area (TPSA) is 156 Å². The number of nitriles is 1. The van der Waals surface area contributed by atoms with Crippen molar-refractivity contribution in [2.24, 2.45) is 0 Å². The molecule has 0 saturated carbocycles. The molecule has 1 fully saturated rings. The van der Waals surface area contributed by atoms with Crippen molar-refractivity contribution in [1.82, 2.24) is 24.5 Å². The van der Waals surface area contributed by atoms with Gasteiger partial charge in [-0.15, -0.1) is 11.8 Å². The third-order valence-corrected chi connectivity index (χ3v) is 5.87. The van der Waals surface area contributed by atoms with Crippen LogP contribution >= 0.6 is 11.8 Å². The molecule has 4 N–H and O–H groups in total. The second kappa shape index (κ2) is 7.57. The maximum Gasteiger partial charge on any atom is 0.167 e. The summed E-state index contributed by atoms with van der Waals surface area (Å²) in [6, 6.07) is 4.02. The smallest absolute Gasteiger partial charge is 0.167 e. The first-order valence-electron chi connectivity index (χ1n) is 8.86. The number of anilines is 1. The Bertz CT molecular complexity index is 1110. The molecule has 0 amide bonds. The van der Waals surface area contributed by atoms with Crippen molar-refractivity contribution >= 4 is 28.7 Å². The number of thioether (sulfide) groups is 1. The SMILES string of the molecule is Cc1cc(C)c(C#N)c(SC[C@H]2O[C@@H](n3cnc4c(N)ncnc43)[C@H](O)[C@@H]2O)n1. The molecule has 0 bridgehead atoms. The number of rotatable bonds is 4. The van der Waals surface area contributed by atoms with Gasteiger partial charge in [0.25, 0.3) is 0 Å². The van der Waals surface area contributed by atoms with Gasteiger partial charge in [0, 0.05) is 11.4 Å². The van der Waals surface area contributed by atoms with Gasteiger partial charge in [0.05, 0.1) is 18.0 Å². The van der Waals surface area contributed by atoms with E-state index in [0.29, 0.717) is 27.5 Å². The summed E-state index contributed by atoms with van der Waals surface area (Å²) >= 11 is 1.31. The maximum absolute atomic E-state index is 10.5. The number of nitrogens with two attached hydrogens (primary N) is 1. The van der Waals surface area contributed by atoms with Crippen LogP contribution in [0, 0.1) is 25.2 Å². The summed E-state index contributed by atoms with van der Waals surface area (Å²) < 4.78 is 7.45. The third-order valence-electron chi connectivity index (χ3n) is 4.81. The first-order valence-corrected chi connectivity index (χ1v) is 9.85. The van der Waals surface area contributed by atoms with Crippen molar-refractivity contribution in [3.63, 3.8) is 0 Å². The lowest BCUT2D eigenvalue weighted by atomic mass is 10.1. The number of ether oxygens (including phenoxy) is 1. The summed E-state index contributed by atoms with van der Waals surface area (Å²) in [6.45, 7) is 3.71. The Balaban J connectivity index is 1.55. The normalized spacial score (nSPS) is 24.1. The number of nitrogens with zero attached hydrogens (tertiary/aromatic N) is 6. The minimum atomic E-state index is -1.18. The molecule has 4 heterocycles. The molecule has 4 rings (SSSR count). The Morgan fingerprint density at radius 3 is 2.83 bits per heavy atom. The molecule has 1 aliphatic rings. The van der Waals surface area contributed by atoms with Crippen LogP contribution in [0.15, 0.2) is 23.7 Å². The van der Waals surface area contributed by atoms with Crippen LogP contribution in [0.2, 0.25) is 0 Å². The van der Waals surface area contributed by atoms with E-state index in [9.17, 15) is 15.5 Å². The number of hydrogen-bond donors (Lipinski definition) is 3. The highest BCUT2D eigenvalue weighted by Crippen LogP contribution is 2.35. The Morgan fingerprint density at radius 1 is 1.28 bits per heavy atom. The van der Waals surface area contributed by atoms with Crippen LogP contribution in [-0.2, 0) is 4.74 Å². The van der Waals surface area contributed by atoms with Gasteiger partial charge in [0.1, 0.15) is 35.1 Å². The predicted octanol–water partition coefficient (Wildman–Crippen LogP) is 0.704. The zero-order valence-electron chi connectivity index (χ0n) is 15.7. The van der Waals surface area contributed by atoms with Crippen molar-refractivity contribution < 1.29 is 14.9 Å². The van der Waals surface area contributed by atoms with Crippen LogP contribution in [0.5, 0.6) is 0 Å². The highest BCUT2D eigenvalue weighted by molar-refractivity contribution is 7.99. The second-order valence-electron chi connectivity index (χ2n) is 6.81. The predicted molar refractivity (Wildman–Crippen MR) is 105 cm³/mol. The molecule has 3 aromatic rings. The molecular weight excluding hydrogens is 394 g/mol. The van der Waals surface area contributed by atoms with Crippen molar-refractivity contribution in [3.8, 4) is 6.07 Å². The van der Waals surface area contributed by atoms with Crippen LogP contribution in [0.4, 0.5) is 5.82 Å². The summed E-state index contributed by atoms with van der Waals surface area (Å²) in [5.74, 6) is 0.530. The number of aryl methyl sites for hydroxylation is 2. The lowest BCUT2D eigenvalue weighted by molar-refractivity contribution is -0.0289. The van der Waals surface area contributed by atoms with E-state index in [-0.39, 0.29) is 5.82 Å². The zero-order valence-corrected chi connectivity index (χ0v) is 16.5. The number of fused-ring (bicyclic) bond motifs is 1. The highest BCUT2D eigenvalue weighted by Gasteiger charge is 2.44. The average Bonchev–Trinajstić information content (AvgIpc) is 3.23. The molecule has 0 aromatic carbocycles. The number of hydrogen-bond acceptors (Lipinski definition) is 10. The van der Waals surface area contributed by atoms with Gasteiger partial charge in [-0.25, -0.2) is 19.9 Å². The fraction of sp³-hybridized carbons (Fsp3) is 0.389. The van der Waals surface area contributed by atoms with Crippen LogP contribution in [0.1, 0.15) is 23.0 Å². The van der Waals surface area contributed by atoms with Gasteiger partial charge >= 0.3 is 0 Å². The number of nitrogen functional groups attached to an aromatic ring is 1. The Labute approximate surface area is 170 Å². The summed E-state index contributed by atoms with van der Waals surface area (Å²) in [5, 5.41) is 31.0. The van der Waals surface area contributed by atoms with Crippen molar-refractivity contribution in [1.29, 1.82) is 5.26 Å². The summed E-state index contributed by atoms with van der Waals surface area (Å²) in [6.07, 6.45) is -1.11. The molecule has 29 heavy (non-hydrogen) atoms. The van der Waals surface area contributed by atoms with Gasteiger partial charge in [0.2, 0.25) is 0 Å². The van der Waals surface area contributed by atoms with Crippen LogP contribution < -0.4 is 5.73 Å². The molecule has 4 atom stereocenters. The van der Waals surface area contributed by atoms with Gasteiger partial charge in [-0.1, -0.05) is 0 Å². The summed E-state index contributed by atoms with van der Waals surface area (Å²) in [7, 11) is 0. The van der Waals surface area contributed by atoms with Gasteiger partial charge in [-0.3, -0.25) is 4.57 Å². The number of aromatic nitrogens is 5. The minimum Gasteiger partial charge on any atom is -0.387 e. The maximum atomic E-state index is 10.5. The largest absolute Gasteiger partial charge is 0.387 e. The monoisotopic (exact) mass is 413 g/mol. The van der Waals surface area contributed by atoms with Gasteiger partial charge in [0.15, 0.2) is 17.7 Å². The van der Waals surface area contributed by atoms with E-state index < -0.39 is 24.5 Å². The number of pyridine rings is 1. The third kappa shape index (κ3) is 3.40. The molecular formula is C18H19N7O3S. The number of imidazole rings is 1. The molecule has 1 aliphatic heterocycles. The second-order valence-corrected chi connectivity index (χ2v) is 7.82. The fourth-order valence-electron chi connectivity index (χ4n) is 3.36. The van der Waals surface area contributed by atoms with E-state index in [2.05, 4.69) is 26.0 Å². The van der Waals surface area contributed by atoms with E-state index in [1.807, 2.05) is 19.9 Å². The average molecular weight is 413 g/mol. The van der Waals surface area contributed by atoms with Gasteiger partial charge in [-0.05, 0) is 25.5 Å². The lowest BCUT2D eigenvalue weighted by Gasteiger charge is -2.16.